The lowest BCUT2D eigenvalue weighted by Gasteiger charge is -2.47. The Kier molecular flexibility index (Phi) is 8.91. The molecule has 0 spiro atoms. The van der Waals surface area contributed by atoms with E-state index in [4.69, 9.17) is 9.26 Å². The Morgan fingerprint density at radius 3 is 1.90 bits per heavy atom. The molecular formula is C26H31F6N3O4. The molecule has 7 nitrogen and oxygen atoms in total. The average Bonchev–Trinajstić information content (AvgIpc) is 3.26. The monoisotopic (exact) mass is 563 g/mol. The summed E-state index contributed by atoms with van der Waals surface area (Å²) >= 11 is 0. The minimum atomic E-state index is -5.12. The summed E-state index contributed by atoms with van der Waals surface area (Å²) in [5.41, 5.74) is -3.98. The zero-order valence-corrected chi connectivity index (χ0v) is 22.2. The molecule has 2 amide bonds. The first-order valence-electron chi connectivity index (χ1n) is 12.6. The number of hydrogen-bond acceptors (Lipinski definition) is 5. The van der Waals surface area contributed by atoms with E-state index >= 15 is 0 Å². The van der Waals surface area contributed by atoms with Crippen molar-refractivity contribution >= 4 is 17.8 Å². The van der Waals surface area contributed by atoms with Gasteiger partial charge < -0.3 is 14.2 Å². The SMILES string of the molecule is CCC1CC(N(C(=O)c2cc(C(F)(F)F)cc(C(F)(F)F)c2)c2cc(C)on2)CC(CC)N1C(=O)OC(C)C. The smallest absolute Gasteiger partial charge is 0.416 e. The lowest BCUT2D eigenvalue weighted by Crippen LogP contribution is -2.58. The van der Waals surface area contributed by atoms with E-state index in [9.17, 15) is 35.9 Å². The highest BCUT2D eigenvalue weighted by atomic mass is 19.4. The van der Waals surface area contributed by atoms with Crippen LogP contribution < -0.4 is 4.90 Å². The third kappa shape index (κ3) is 6.85. The van der Waals surface area contributed by atoms with Gasteiger partial charge in [-0.2, -0.15) is 26.3 Å². The number of halogens is 6. The van der Waals surface area contributed by atoms with Crippen LogP contribution in [0, 0.1) is 6.92 Å². The molecule has 0 radical (unpaired) electrons. The van der Waals surface area contributed by atoms with E-state index in [1.54, 1.807) is 25.7 Å². The maximum atomic E-state index is 13.8. The van der Waals surface area contributed by atoms with E-state index in [0.717, 1.165) is 4.90 Å². The Morgan fingerprint density at radius 2 is 1.51 bits per heavy atom. The Hall–Kier alpha value is -3.25. The van der Waals surface area contributed by atoms with Crippen LogP contribution in [0.15, 0.2) is 28.8 Å². The topological polar surface area (TPSA) is 75.9 Å². The van der Waals surface area contributed by atoms with Crippen molar-refractivity contribution in [2.45, 2.75) is 96.9 Å². The second-order valence-corrected chi connectivity index (χ2v) is 9.85. The molecule has 3 rings (SSSR count). The van der Waals surface area contributed by atoms with Crippen molar-refractivity contribution in [3.8, 4) is 0 Å². The van der Waals surface area contributed by atoms with Crippen LogP contribution in [0.5, 0.6) is 0 Å². The zero-order chi connectivity index (χ0) is 29.3. The number of nitrogens with zero attached hydrogens (tertiary/aromatic N) is 3. The number of benzene rings is 1. The number of rotatable bonds is 6. The molecule has 1 aromatic heterocycles. The third-order valence-electron chi connectivity index (χ3n) is 6.65. The number of alkyl halides is 6. The van der Waals surface area contributed by atoms with Gasteiger partial charge in [0, 0.05) is 29.8 Å². The maximum Gasteiger partial charge on any atom is 0.416 e. The minimum Gasteiger partial charge on any atom is -0.447 e. The normalized spacial score (nSPS) is 20.3. The molecule has 2 heterocycles. The van der Waals surface area contributed by atoms with Crippen LogP contribution in [-0.2, 0) is 17.1 Å². The van der Waals surface area contributed by atoms with E-state index in [1.165, 1.54) is 6.07 Å². The summed E-state index contributed by atoms with van der Waals surface area (Å²) in [5, 5.41) is 3.86. The number of aromatic nitrogens is 1. The molecular weight excluding hydrogens is 532 g/mol. The van der Waals surface area contributed by atoms with Gasteiger partial charge in [0.05, 0.1) is 17.2 Å². The van der Waals surface area contributed by atoms with Crippen LogP contribution in [0.4, 0.5) is 37.0 Å². The number of carbonyl (C=O) groups excluding carboxylic acids is 2. The number of ether oxygens (including phenoxy) is 1. The fourth-order valence-electron chi connectivity index (χ4n) is 4.89. The van der Waals surface area contributed by atoms with Gasteiger partial charge in [0.25, 0.3) is 5.91 Å². The number of amides is 2. The summed E-state index contributed by atoms with van der Waals surface area (Å²) in [6.45, 7) is 8.64. The Balaban J connectivity index is 2.10. The third-order valence-corrected chi connectivity index (χ3v) is 6.65. The molecule has 39 heavy (non-hydrogen) atoms. The molecule has 1 aliphatic rings. The predicted molar refractivity (Wildman–Crippen MR) is 129 cm³/mol. The van der Waals surface area contributed by atoms with E-state index in [-0.39, 0.29) is 30.8 Å². The maximum absolute atomic E-state index is 13.8. The average molecular weight is 564 g/mol. The summed E-state index contributed by atoms with van der Waals surface area (Å²) in [6.07, 6.45) is -9.78. The molecule has 0 aliphatic carbocycles. The van der Waals surface area contributed by atoms with Gasteiger partial charge in [0.1, 0.15) is 5.76 Å². The van der Waals surface area contributed by atoms with Crippen molar-refractivity contribution in [3.05, 3.63) is 46.7 Å². The number of carbonyl (C=O) groups is 2. The number of hydrogen-bond donors (Lipinski definition) is 0. The zero-order valence-electron chi connectivity index (χ0n) is 22.2. The Labute approximate surface area is 222 Å². The molecule has 1 fully saturated rings. The van der Waals surface area contributed by atoms with Crippen LogP contribution in [0.1, 0.15) is 80.6 Å². The van der Waals surface area contributed by atoms with Gasteiger partial charge >= 0.3 is 18.4 Å². The van der Waals surface area contributed by atoms with Crippen LogP contribution in [0.25, 0.3) is 0 Å². The van der Waals surface area contributed by atoms with E-state index in [1.807, 2.05) is 13.8 Å². The van der Waals surface area contributed by atoms with Gasteiger partial charge in [-0.05, 0) is 64.7 Å². The summed E-state index contributed by atoms with van der Waals surface area (Å²) < 4.78 is 91.6. The van der Waals surface area contributed by atoms with Crippen molar-refractivity contribution < 1.29 is 45.2 Å². The fourth-order valence-corrected chi connectivity index (χ4v) is 4.89. The first-order valence-corrected chi connectivity index (χ1v) is 12.6. The Bertz CT molecular complexity index is 1130. The summed E-state index contributed by atoms with van der Waals surface area (Å²) in [7, 11) is 0. The van der Waals surface area contributed by atoms with Gasteiger partial charge in [-0.25, -0.2) is 4.79 Å². The molecule has 0 N–H and O–H groups in total. The molecule has 0 bridgehead atoms. The molecule has 216 valence electrons. The summed E-state index contributed by atoms with van der Waals surface area (Å²) in [6, 6.07) is 0.648. The number of aryl methyl sites for hydroxylation is 1. The standard InChI is InChI=1S/C26H31F6N3O4/c1-6-19-12-21(13-20(7-2)34(19)24(37)38-14(3)4)35(22-8-15(5)39-33-22)23(36)16-9-17(25(27,28)29)11-18(10-16)26(30,31)32/h8-11,14,19-21H,6-7,12-13H2,1-5H3. The molecule has 13 heteroatoms. The van der Waals surface area contributed by atoms with Gasteiger partial charge in [-0.1, -0.05) is 19.0 Å². The van der Waals surface area contributed by atoms with Crippen LogP contribution in [-0.4, -0.2) is 46.3 Å². The van der Waals surface area contributed by atoms with Crippen molar-refractivity contribution in [1.82, 2.24) is 10.1 Å². The van der Waals surface area contributed by atoms with Crippen LogP contribution in [0.2, 0.25) is 0 Å². The van der Waals surface area contributed by atoms with Crippen molar-refractivity contribution in [3.63, 3.8) is 0 Å². The van der Waals surface area contributed by atoms with Crippen molar-refractivity contribution in [1.29, 1.82) is 0 Å². The molecule has 1 aliphatic heterocycles. The first kappa shape index (κ1) is 30.3. The first-order chi connectivity index (χ1) is 18.1. The Morgan fingerprint density at radius 1 is 1.00 bits per heavy atom. The largest absolute Gasteiger partial charge is 0.447 e. The predicted octanol–water partition coefficient (Wildman–Crippen LogP) is 7.23. The van der Waals surface area contributed by atoms with Gasteiger partial charge in [-0.15, -0.1) is 0 Å². The van der Waals surface area contributed by atoms with Crippen LogP contribution in [0.3, 0.4) is 0 Å². The van der Waals surface area contributed by atoms with E-state index in [2.05, 4.69) is 5.16 Å². The van der Waals surface area contributed by atoms with Gasteiger partial charge in [0.2, 0.25) is 0 Å². The highest BCUT2D eigenvalue weighted by Gasteiger charge is 2.43. The van der Waals surface area contributed by atoms with E-state index in [0.29, 0.717) is 30.7 Å². The van der Waals surface area contributed by atoms with Crippen LogP contribution >= 0.6 is 0 Å². The summed E-state index contributed by atoms with van der Waals surface area (Å²) in [5.74, 6) is -0.843. The summed E-state index contributed by atoms with van der Waals surface area (Å²) in [4.78, 5) is 29.4. The van der Waals surface area contributed by atoms with Crippen molar-refractivity contribution in [2.75, 3.05) is 4.90 Å². The van der Waals surface area contributed by atoms with Gasteiger partial charge in [0.15, 0.2) is 5.82 Å². The lowest BCUT2D eigenvalue weighted by molar-refractivity contribution is -0.143. The number of piperidine rings is 1. The molecule has 2 unspecified atom stereocenters. The van der Waals surface area contributed by atoms with Crippen molar-refractivity contribution in [2.24, 2.45) is 0 Å². The highest BCUT2D eigenvalue weighted by Crippen LogP contribution is 2.38. The molecule has 0 saturated carbocycles. The highest BCUT2D eigenvalue weighted by molar-refractivity contribution is 6.06. The molecule has 1 aromatic carbocycles. The molecule has 2 aromatic rings. The lowest BCUT2D eigenvalue weighted by atomic mass is 9.87. The quantitative estimate of drug-likeness (QED) is 0.347. The second-order valence-electron chi connectivity index (χ2n) is 9.85. The van der Waals surface area contributed by atoms with Gasteiger partial charge in [-0.3, -0.25) is 9.69 Å². The van der Waals surface area contributed by atoms with E-state index < -0.39 is 59.2 Å². The number of likely N-dealkylation sites (tertiary alicyclic amines) is 1. The molecule has 1 saturated heterocycles. The number of anilines is 1. The second kappa shape index (κ2) is 11.5. The molecule has 2 atom stereocenters. The minimum absolute atomic E-state index is 0.0274. The fraction of sp³-hybridized carbons (Fsp3) is 0.577.